The predicted octanol–water partition coefficient (Wildman–Crippen LogP) is 1.28. The second-order valence-electron chi connectivity index (χ2n) is 6.86. The fraction of sp³-hybridized carbons (Fsp3) is 0.647. The lowest BCUT2D eigenvalue weighted by Gasteiger charge is -2.19. The van der Waals surface area contributed by atoms with E-state index in [9.17, 15) is 9.59 Å². The molecule has 2 heterocycles. The van der Waals surface area contributed by atoms with Gasteiger partial charge in [0.15, 0.2) is 5.65 Å². The van der Waals surface area contributed by atoms with Gasteiger partial charge in [0, 0.05) is 32.7 Å². The van der Waals surface area contributed by atoms with Crippen LogP contribution < -0.4 is 10.9 Å². The Labute approximate surface area is 147 Å². The molecule has 2 aromatic rings. The maximum Gasteiger partial charge on any atom is 0.264 e. The van der Waals surface area contributed by atoms with Crippen molar-refractivity contribution in [2.24, 2.45) is 0 Å². The first-order valence-corrected chi connectivity index (χ1v) is 8.62. The van der Waals surface area contributed by atoms with Crippen molar-refractivity contribution in [2.45, 2.75) is 52.6 Å². The summed E-state index contributed by atoms with van der Waals surface area (Å²) in [6, 6.07) is 0. The van der Waals surface area contributed by atoms with Gasteiger partial charge in [0.05, 0.1) is 18.1 Å². The largest absolute Gasteiger partial charge is 0.382 e. The monoisotopic (exact) mass is 349 g/mol. The van der Waals surface area contributed by atoms with Crippen molar-refractivity contribution >= 4 is 16.9 Å². The van der Waals surface area contributed by atoms with Gasteiger partial charge in [0.1, 0.15) is 5.39 Å². The fourth-order valence-electron chi connectivity index (χ4n) is 2.46. The molecule has 0 unspecified atom stereocenters. The average molecular weight is 349 g/mol. The molecule has 0 aromatic carbocycles. The number of amides is 1. The maximum atomic E-state index is 12.5. The molecule has 1 amide bonds. The lowest BCUT2D eigenvalue weighted by molar-refractivity contribution is -0.121. The highest BCUT2D eigenvalue weighted by atomic mass is 16.5. The Morgan fingerprint density at radius 1 is 1.36 bits per heavy atom. The Hall–Kier alpha value is -2.22. The molecule has 2 rings (SSSR count). The van der Waals surface area contributed by atoms with Crippen molar-refractivity contribution in [1.29, 1.82) is 0 Å². The van der Waals surface area contributed by atoms with E-state index in [-0.39, 0.29) is 23.4 Å². The standard InChI is InChI=1S/C17H27N5O3/c1-5-25-10-6-8-18-14(23)7-9-21-12-19-15-13(16(21)24)11-20-22(15)17(2,3)4/h11-12H,5-10H2,1-4H3,(H,18,23). The van der Waals surface area contributed by atoms with Crippen molar-refractivity contribution in [1.82, 2.24) is 24.6 Å². The minimum Gasteiger partial charge on any atom is -0.382 e. The number of nitrogens with one attached hydrogen (secondary N) is 1. The van der Waals surface area contributed by atoms with Crippen LogP contribution in [-0.2, 0) is 21.6 Å². The lowest BCUT2D eigenvalue weighted by Crippen LogP contribution is -2.29. The Kier molecular flexibility index (Phi) is 6.30. The van der Waals surface area contributed by atoms with Gasteiger partial charge in [-0.3, -0.25) is 14.2 Å². The zero-order valence-electron chi connectivity index (χ0n) is 15.4. The van der Waals surface area contributed by atoms with Gasteiger partial charge in [-0.25, -0.2) is 9.67 Å². The Morgan fingerprint density at radius 2 is 2.12 bits per heavy atom. The summed E-state index contributed by atoms with van der Waals surface area (Å²) in [5.74, 6) is -0.0890. The molecule has 0 spiro atoms. The molecule has 2 aromatic heterocycles. The number of ether oxygens (including phenoxy) is 1. The van der Waals surface area contributed by atoms with E-state index in [0.717, 1.165) is 6.42 Å². The van der Waals surface area contributed by atoms with Gasteiger partial charge in [-0.2, -0.15) is 5.10 Å². The number of carbonyl (C=O) groups excluding carboxylic acids is 1. The molecule has 8 nitrogen and oxygen atoms in total. The van der Waals surface area contributed by atoms with Crippen LogP contribution >= 0.6 is 0 Å². The van der Waals surface area contributed by atoms with E-state index in [2.05, 4.69) is 15.4 Å². The van der Waals surface area contributed by atoms with E-state index in [1.807, 2.05) is 27.7 Å². The number of carbonyl (C=O) groups is 1. The van der Waals surface area contributed by atoms with Crippen LogP contribution in [0.2, 0.25) is 0 Å². The molecule has 1 N–H and O–H groups in total. The normalized spacial score (nSPS) is 11.8. The zero-order valence-corrected chi connectivity index (χ0v) is 15.4. The molecule has 0 radical (unpaired) electrons. The zero-order chi connectivity index (χ0) is 18.4. The molecule has 0 aliphatic carbocycles. The number of nitrogens with zero attached hydrogens (tertiary/aromatic N) is 4. The third kappa shape index (κ3) is 4.88. The summed E-state index contributed by atoms with van der Waals surface area (Å²) >= 11 is 0. The Balaban J connectivity index is 1.97. The summed E-state index contributed by atoms with van der Waals surface area (Å²) < 4.78 is 8.40. The predicted molar refractivity (Wildman–Crippen MR) is 95.5 cm³/mol. The summed E-state index contributed by atoms with van der Waals surface area (Å²) in [5.41, 5.74) is 0.133. The molecule has 0 fully saturated rings. The van der Waals surface area contributed by atoms with E-state index in [4.69, 9.17) is 4.74 Å². The smallest absolute Gasteiger partial charge is 0.264 e. The average Bonchev–Trinajstić information content (AvgIpc) is 2.99. The van der Waals surface area contributed by atoms with Gasteiger partial charge >= 0.3 is 0 Å². The minimum absolute atomic E-state index is 0.0890. The van der Waals surface area contributed by atoms with Crippen LogP contribution in [0.15, 0.2) is 17.3 Å². The topological polar surface area (TPSA) is 91.0 Å². The SMILES string of the molecule is CCOCCCNC(=O)CCn1cnc2c(cnn2C(C)(C)C)c1=O. The van der Waals surface area contributed by atoms with E-state index in [1.54, 1.807) is 10.9 Å². The molecule has 138 valence electrons. The van der Waals surface area contributed by atoms with Crippen molar-refractivity contribution in [3.63, 3.8) is 0 Å². The summed E-state index contributed by atoms with van der Waals surface area (Å²) in [6.45, 7) is 10.1. The van der Waals surface area contributed by atoms with Crippen LogP contribution in [0.4, 0.5) is 0 Å². The number of aryl methyl sites for hydroxylation is 1. The molecule has 0 saturated heterocycles. The molecule has 0 aliphatic rings. The number of rotatable bonds is 8. The molecule has 25 heavy (non-hydrogen) atoms. The van der Waals surface area contributed by atoms with Crippen LogP contribution in [0.3, 0.4) is 0 Å². The Bertz CT molecular complexity index is 773. The first-order chi connectivity index (χ1) is 11.8. The number of hydrogen-bond donors (Lipinski definition) is 1. The molecule has 0 bridgehead atoms. The molecular weight excluding hydrogens is 322 g/mol. The second kappa shape index (κ2) is 8.24. The summed E-state index contributed by atoms with van der Waals surface area (Å²) in [5, 5.41) is 7.57. The number of aromatic nitrogens is 4. The van der Waals surface area contributed by atoms with Gasteiger partial charge < -0.3 is 10.1 Å². The van der Waals surface area contributed by atoms with Crippen LogP contribution in [0.25, 0.3) is 11.0 Å². The maximum absolute atomic E-state index is 12.5. The highest BCUT2D eigenvalue weighted by molar-refractivity contribution is 5.76. The van der Waals surface area contributed by atoms with Crippen LogP contribution in [0.5, 0.6) is 0 Å². The third-order valence-electron chi connectivity index (χ3n) is 3.76. The van der Waals surface area contributed by atoms with Crippen molar-refractivity contribution in [3.05, 3.63) is 22.9 Å². The van der Waals surface area contributed by atoms with Crippen molar-refractivity contribution in [2.75, 3.05) is 19.8 Å². The van der Waals surface area contributed by atoms with Gasteiger partial charge in [-0.1, -0.05) is 0 Å². The molecule has 0 aliphatic heterocycles. The van der Waals surface area contributed by atoms with E-state index in [0.29, 0.717) is 37.3 Å². The third-order valence-corrected chi connectivity index (χ3v) is 3.76. The quantitative estimate of drug-likeness (QED) is 0.725. The summed E-state index contributed by atoms with van der Waals surface area (Å²) in [7, 11) is 0. The van der Waals surface area contributed by atoms with Gasteiger partial charge in [-0.05, 0) is 34.1 Å². The second-order valence-corrected chi connectivity index (χ2v) is 6.86. The molecule has 0 saturated carbocycles. The van der Waals surface area contributed by atoms with Crippen molar-refractivity contribution < 1.29 is 9.53 Å². The molecular formula is C17H27N5O3. The van der Waals surface area contributed by atoms with Crippen LogP contribution in [0.1, 0.15) is 40.5 Å². The number of fused-ring (bicyclic) bond motifs is 1. The fourth-order valence-corrected chi connectivity index (χ4v) is 2.46. The number of hydrogen-bond acceptors (Lipinski definition) is 5. The van der Waals surface area contributed by atoms with Gasteiger partial charge in [0.25, 0.3) is 5.56 Å². The summed E-state index contributed by atoms with van der Waals surface area (Å²) in [4.78, 5) is 28.7. The van der Waals surface area contributed by atoms with Crippen LogP contribution in [0, 0.1) is 0 Å². The Morgan fingerprint density at radius 3 is 2.80 bits per heavy atom. The first-order valence-electron chi connectivity index (χ1n) is 8.62. The first kappa shape index (κ1) is 19.1. The highest BCUT2D eigenvalue weighted by Gasteiger charge is 2.19. The van der Waals surface area contributed by atoms with Crippen LogP contribution in [-0.4, -0.2) is 45.0 Å². The van der Waals surface area contributed by atoms with E-state index in [1.165, 1.54) is 10.9 Å². The molecule has 8 heteroatoms. The van der Waals surface area contributed by atoms with Gasteiger partial charge in [0.2, 0.25) is 5.91 Å². The lowest BCUT2D eigenvalue weighted by atomic mass is 10.1. The summed E-state index contributed by atoms with van der Waals surface area (Å²) in [6.07, 6.45) is 4.03. The van der Waals surface area contributed by atoms with E-state index >= 15 is 0 Å². The highest BCUT2D eigenvalue weighted by Crippen LogP contribution is 2.17. The minimum atomic E-state index is -0.255. The van der Waals surface area contributed by atoms with Gasteiger partial charge in [-0.15, -0.1) is 0 Å². The van der Waals surface area contributed by atoms with Crippen molar-refractivity contribution in [3.8, 4) is 0 Å². The van der Waals surface area contributed by atoms with E-state index < -0.39 is 0 Å². The molecule has 0 atom stereocenters.